The van der Waals surface area contributed by atoms with Gasteiger partial charge in [-0.2, -0.15) is 0 Å². The summed E-state index contributed by atoms with van der Waals surface area (Å²) >= 11 is 0. The van der Waals surface area contributed by atoms with Crippen molar-refractivity contribution in [2.24, 2.45) is 5.16 Å². The van der Waals surface area contributed by atoms with Crippen LogP contribution in [-0.4, -0.2) is 23.6 Å². The third kappa shape index (κ3) is 4.45. The van der Waals surface area contributed by atoms with Crippen molar-refractivity contribution in [3.8, 4) is 0 Å². The second-order valence-electron chi connectivity index (χ2n) is 3.26. The molecule has 5 nitrogen and oxygen atoms in total. The standard InChI is InChI=1S/C11H14N2O3/c1-9(7-12-15)13-11(14)16-8-10-5-3-2-4-6-10/h2-7,9,15H,8H2,1H3,(H,13,14)/b12-7+/t9-/m0/s1. The predicted octanol–water partition coefficient (Wildman–Crippen LogP) is 1.76. The number of hydrogen-bond donors (Lipinski definition) is 2. The Morgan fingerprint density at radius 1 is 1.56 bits per heavy atom. The topological polar surface area (TPSA) is 70.9 Å². The van der Waals surface area contributed by atoms with Crippen LogP contribution < -0.4 is 5.32 Å². The summed E-state index contributed by atoms with van der Waals surface area (Å²) in [6.45, 7) is 1.89. The lowest BCUT2D eigenvalue weighted by Gasteiger charge is -2.09. The van der Waals surface area contributed by atoms with Gasteiger partial charge in [-0.3, -0.25) is 0 Å². The van der Waals surface area contributed by atoms with Gasteiger partial charge in [0, 0.05) is 0 Å². The molecule has 0 fully saturated rings. The fourth-order valence-corrected chi connectivity index (χ4v) is 1.09. The predicted molar refractivity (Wildman–Crippen MR) is 59.5 cm³/mol. The number of nitrogens with zero attached hydrogens (tertiary/aromatic N) is 1. The molecule has 0 saturated heterocycles. The zero-order valence-electron chi connectivity index (χ0n) is 8.96. The molecule has 0 heterocycles. The number of ether oxygens (including phenoxy) is 1. The van der Waals surface area contributed by atoms with Gasteiger partial charge in [0.15, 0.2) is 0 Å². The van der Waals surface area contributed by atoms with Crippen molar-refractivity contribution in [1.82, 2.24) is 5.32 Å². The van der Waals surface area contributed by atoms with Crippen molar-refractivity contribution in [1.29, 1.82) is 0 Å². The van der Waals surface area contributed by atoms with E-state index < -0.39 is 6.09 Å². The van der Waals surface area contributed by atoms with E-state index in [2.05, 4.69) is 10.5 Å². The normalized spacial score (nSPS) is 12.3. The third-order valence-corrected chi connectivity index (χ3v) is 1.85. The lowest BCUT2D eigenvalue weighted by atomic mass is 10.2. The number of rotatable bonds is 4. The van der Waals surface area contributed by atoms with Crippen molar-refractivity contribution < 1.29 is 14.7 Å². The van der Waals surface area contributed by atoms with Crippen LogP contribution >= 0.6 is 0 Å². The van der Waals surface area contributed by atoms with Gasteiger partial charge in [-0.25, -0.2) is 4.79 Å². The summed E-state index contributed by atoms with van der Waals surface area (Å²) in [6.07, 6.45) is 0.653. The van der Waals surface area contributed by atoms with E-state index in [1.54, 1.807) is 6.92 Å². The number of carbonyl (C=O) groups excluding carboxylic acids is 1. The zero-order chi connectivity index (χ0) is 11.8. The van der Waals surface area contributed by atoms with E-state index in [1.165, 1.54) is 6.21 Å². The summed E-state index contributed by atoms with van der Waals surface area (Å²) in [6, 6.07) is 9.00. The maximum atomic E-state index is 11.2. The van der Waals surface area contributed by atoms with Crippen LogP contribution in [0.3, 0.4) is 0 Å². The summed E-state index contributed by atoms with van der Waals surface area (Å²) in [5, 5.41) is 13.5. The lowest BCUT2D eigenvalue weighted by Crippen LogP contribution is -2.33. The monoisotopic (exact) mass is 222 g/mol. The molecule has 0 spiro atoms. The van der Waals surface area contributed by atoms with Crippen LogP contribution in [0.2, 0.25) is 0 Å². The maximum absolute atomic E-state index is 11.2. The van der Waals surface area contributed by atoms with Gasteiger partial charge < -0.3 is 15.3 Å². The quantitative estimate of drug-likeness (QED) is 0.463. The molecule has 2 N–H and O–H groups in total. The molecule has 0 saturated carbocycles. The van der Waals surface area contributed by atoms with Crippen LogP contribution in [0, 0.1) is 0 Å². The van der Waals surface area contributed by atoms with Crippen molar-refractivity contribution in [3.63, 3.8) is 0 Å². The highest BCUT2D eigenvalue weighted by Crippen LogP contribution is 2.00. The molecule has 0 bridgehead atoms. The van der Waals surface area contributed by atoms with E-state index in [9.17, 15) is 4.79 Å². The Balaban J connectivity index is 2.30. The van der Waals surface area contributed by atoms with Crippen LogP contribution in [0.5, 0.6) is 0 Å². The second kappa shape index (κ2) is 6.44. The van der Waals surface area contributed by atoms with E-state index in [4.69, 9.17) is 9.94 Å². The maximum Gasteiger partial charge on any atom is 0.407 e. The highest BCUT2D eigenvalue weighted by molar-refractivity contribution is 5.74. The number of oxime groups is 1. The van der Waals surface area contributed by atoms with Gasteiger partial charge in [0.1, 0.15) is 6.61 Å². The minimum Gasteiger partial charge on any atom is -0.445 e. The molecule has 86 valence electrons. The number of nitrogens with one attached hydrogen (secondary N) is 1. The first-order valence-corrected chi connectivity index (χ1v) is 4.87. The van der Waals surface area contributed by atoms with E-state index >= 15 is 0 Å². The van der Waals surface area contributed by atoms with Crippen molar-refractivity contribution >= 4 is 12.3 Å². The largest absolute Gasteiger partial charge is 0.445 e. The fraction of sp³-hybridized carbons (Fsp3) is 0.273. The Hall–Kier alpha value is -2.04. The number of hydrogen-bond acceptors (Lipinski definition) is 4. The van der Waals surface area contributed by atoms with Gasteiger partial charge in [0.2, 0.25) is 0 Å². The van der Waals surface area contributed by atoms with Crippen LogP contribution in [0.4, 0.5) is 4.79 Å². The summed E-state index contributed by atoms with van der Waals surface area (Å²) in [7, 11) is 0. The minimum absolute atomic E-state index is 0.218. The molecule has 16 heavy (non-hydrogen) atoms. The Labute approximate surface area is 93.7 Å². The van der Waals surface area contributed by atoms with E-state index in [1.807, 2.05) is 30.3 Å². The summed E-state index contributed by atoms with van der Waals surface area (Å²) in [5.74, 6) is 0. The molecule has 1 amide bonds. The molecular formula is C11H14N2O3. The molecule has 1 aromatic rings. The van der Waals surface area contributed by atoms with Gasteiger partial charge in [0.05, 0.1) is 12.3 Å². The average Bonchev–Trinajstić information content (AvgIpc) is 2.28. The van der Waals surface area contributed by atoms with Crippen LogP contribution in [0.25, 0.3) is 0 Å². The van der Waals surface area contributed by atoms with E-state index in [-0.39, 0.29) is 12.6 Å². The highest BCUT2D eigenvalue weighted by Gasteiger charge is 2.05. The Kier molecular flexibility index (Phi) is 4.85. The Morgan fingerprint density at radius 3 is 2.88 bits per heavy atom. The van der Waals surface area contributed by atoms with Gasteiger partial charge in [-0.1, -0.05) is 35.5 Å². The van der Waals surface area contributed by atoms with Gasteiger partial charge >= 0.3 is 6.09 Å². The molecule has 0 unspecified atom stereocenters. The number of benzene rings is 1. The average molecular weight is 222 g/mol. The van der Waals surface area contributed by atoms with E-state index in [0.29, 0.717) is 0 Å². The molecule has 0 aliphatic carbocycles. The molecule has 1 rings (SSSR count). The molecule has 0 aromatic heterocycles. The molecular weight excluding hydrogens is 208 g/mol. The lowest BCUT2D eigenvalue weighted by molar-refractivity contribution is 0.138. The molecule has 0 aliphatic heterocycles. The van der Waals surface area contributed by atoms with Crippen molar-refractivity contribution in [2.45, 2.75) is 19.6 Å². The summed E-state index contributed by atoms with van der Waals surface area (Å²) in [4.78, 5) is 11.2. The first kappa shape index (κ1) is 12.0. The number of alkyl carbamates (subject to hydrolysis) is 1. The molecule has 1 aromatic carbocycles. The smallest absolute Gasteiger partial charge is 0.407 e. The van der Waals surface area contributed by atoms with Crippen molar-refractivity contribution in [2.75, 3.05) is 0 Å². The first-order valence-electron chi connectivity index (χ1n) is 4.87. The zero-order valence-corrected chi connectivity index (χ0v) is 8.96. The second-order valence-corrected chi connectivity index (χ2v) is 3.26. The van der Waals surface area contributed by atoms with Gasteiger partial charge in [0.25, 0.3) is 0 Å². The van der Waals surface area contributed by atoms with Gasteiger partial charge in [-0.05, 0) is 12.5 Å². The van der Waals surface area contributed by atoms with Crippen LogP contribution in [-0.2, 0) is 11.3 Å². The number of amides is 1. The molecule has 1 atom stereocenters. The van der Waals surface area contributed by atoms with Gasteiger partial charge in [-0.15, -0.1) is 0 Å². The molecule has 0 radical (unpaired) electrons. The fourth-order valence-electron chi connectivity index (χ4n) is 1.09. The van der Waals surface area contributed by atoms with E-state index in [0.717, 1.165) is 5.56 Å². The molecule has 5 heteroatoms. The van der Waals surface area contributed by atoms with Crippen LogP contribution in [0.1, 0.15) is 12.5 Å². The minimum atomic E-state index is -0.545. The van der Waals surface area contributed by atoms with Crippen LogP contribution in [0.15, 0.2) is 35.5 Å². The number of carbonyl (C=O) groups is 1. The SMILES string of the molecule is C[C@@H](/C=N/O)NC(=O)OCc1ccccc1. The Bertz CT molecular complexity index is 352. The Morgan fingerprint density at radius 2 is 2.25 bits per heavy atom. The molecule has 0 aliphatic rings. The summed E-state index contributed by atoms with van der Waals surface area (Å²) in [5.41, 5.74) is 0.918. The highest BCUT2D eigenvalue weighted by atomic mass is 16.5. The van der Waals surface area contributed by atoms with Crippen molar-refractivity contribution in [3.05, 3.63) is 35.9 Å². The summed E-state index contributed by atoms with van der Waals surface area (Å²) < 4.78 is 4.95. The third-order valence-electron chi connectivity index (χ3n) is 1.85. The first-order chi connectivity index (χ1) is 7.72.